The second-order valence-electron chi connectivity index (χ2n) is 7.32. The number of carbonyl (C=O) groups is 2. The lowest BCUT2D eigenvalue weighted by atomic mass is 9.98. The zero-order valence-corrected chi connectivity index (χ0v) is 18.3. The summed E-state index contributed by atoms with van der Waals surface area (Å²) in [7, 11) is 0. The molecule has 156 valence electrons. The lowest BCUT2D eigenvalue weighted by Gasteiger charge is -2.25. The van der Waals surface area contributed by atoms with Crippen LogP contribution in [-0.2, 0) is 9.59 Å². The van der Waals surface area contributed by atoms with Gasteiger partial charge >= 0.3 is 0 Å². The molecule has 1 amide bonds. The fourth-order valence-electron chi connectivity index (χ4n) is 3.59. The van der Waals surface area contributed by atoms with Crippen molar-refractivity contribution in [1.82, 2.24) is 4.98 Å². The van der Waals surface area contributed by atoms with Gasteiger partial charge in [0.2, 0.25) is 0 Å². The van der Waals surface area contributed by atoms with E-state index in [9.17, 15) is 14.7 Å². The lowest BCUT2D eigenvalue weighted by Crippen LogP contribution is -2.29. The van der Waals surface area contributed by atoms with E-state index >= 15 is 0 Å². The van der Waals surface area contributed by atoms with E-state index in [-0.39, 0.29) is 21.9 Å². The maximum Gasteiger partial charge on any atom is 0.300 e. The molecule has 4 rings (SSSR count). The van der Waals surface area contributed by atoms with Gasteiger partial charge in [-0.05, 0) is 67.4 Å². The van der Waals surface area contributed by atoms with Crippen LogP contribution >= 0.6 is 23.2 Å². The molecule has 0 aliphatic carbocycles. The number of pyridine rings is 1. The van der Waals surface area contributed by atoms with E-state index in [4.69, 9.17) is 23.2 Å². The molecule has 2 heterocycles. The first-order chi connectivity index (χ1) is 14.8. The number of anilines is 1. The van der Waals surface area contributed by atoms with E-state index in [0.29, 0.717) is 16.4 Å². The number of halogens is 2. The first-order valence-corrected chi connectivity index (χ1v) is 10.3. The number of hydrogen-bond donors (Lipinski definition) is 1. The predicted octanol–water partition coefficient (Wildman–Crippen LogP) is 5.63. The minimum absolute atomic E-state index is 0.0553. The van der Waals surface area contributed by atoms with Crippen molar-refractivity contribution in [2.45, 2.75) is 19.9 Å². The number of carbonyl (C=O) groups excluding carboxylic acids is 2. The number of aryl methyl sites for hydroxylation is 2. The Kier molecular flexibility index (Phi) is 5.56. The highest BCUT2D eigenvalue weighted by Gasteiger charge is 2.47. The van der Waals surface area contributed by atoms with Crippen LogP contribution in [0.1, 0.15) is 28.4 Å². The van der Waals surface area contributed by atoms with Gasteiger partial charge in [0.25, 0.3) is 11.7 Å². The Morgan fingerprint density at radius 2 is 1.74 bits per heavy atom. The Hall–Kier alpha value is -3.15. The molecule has 1 saturated heterocycles. The highest BCUT2D eigenvalue weighted by molar-refractivity contribution is 6.51. The molecule has 0 radical (unpaired) electrons. The molecular weight excluding hydrogens is 435 g/mol. The number of amides is 1. The number of benzene rings is 2. The van der Waals surface area contributed by atoms with Gasteiger partial charge in [-0.2, -0.15) is 0 Å². The third-order valence-corrected chi connectivity index (χ3v) is 6.11. The van der Waals surface area contributed by atoms with Crippen molar-refractivity contribution in [2.24, 2.45) is 0 Å². The van der Waals surface area contributed by atoms with Crippen molar-refractivity contribution >= 4 is 46.3 Å². The summed E-state index contributed by atoms with van der Waals surface area (Å²) in [5.74, 6) is -1.86. The number of ketones is 1. The van der Waals surface area contributed by atoms with Gasteiger partial charge in [-0.25, -0.2) is 0 Å². The molecule has 1 aliphatic heterocycles. The first-order valence-electron chi connectivity index (χ1n) is 9.54. The molecule has 2 aromatic carbocycles. The van der Waals surface area contributed by atoms with Crippen molar-refractivity contribution in [3.8, 4) is 0 Å². The molecule has 7 heteroatoms. The molecule has 0 spiro atoms. The van der Waals surface area contributed by atoms with Crippen molar-refractivity contribution < 1.29 is 14.7 Å². The summed E-state index contributed by atoms with van der Waals surface area (Å²) in [5, 5.41) is 11.6. The largest absolute Gasteiger partial charge is 0.507 e. The van der Waals surface area contributed by atoms with Gasteiger partial charge in [-0.15, -0.1) is 0 Å². The molecule has 0 bridgehead atoms. The van der Waals surface area contributed by atoms with Gasteiger partial charge in [-0.1, -0.05) is 35.3 Å². The SMILES string of the molecule is Cc1ccc(N2C(=O)C(=O)/C(=C(/O)c3ccc(Cl)c(Cl)c3)C2c2ccccn2)cc1C. The smallest absolute Gasteiger partial charge is 0.300 e. The Morgan fingerprint density at radius 1 is 0.968 bits per heavy atom. The van der Waals surface area contributed by atoms with Gasteiger partial charge < -0.3 is 5.11 Å². The van der Waals surface area contributed by atoms with E-state index in [1.165, 1.54) is 17.0 Å². The van der Waals surface area contributed by atoms with Gasteiger partial charge in [0, 0.05) is 17.4 Å². The molecule has 3 aromatic rings. The number of hydrogen-bond acceptors (Lipinski definition) is 4. The van der Waals surface area contributed by atoms with E-state index < -0.39 is 17.7 Å². The number of aliphatic hydroxyl groups excluding tert-OH is 1. The molecule has 1 atom stereocenters. The molecule has 5 nitrogen and oxygen atoms in total. The zero-order chi connectivity index (χ0) is 22.3. The summed E-state index contributed by atoms with van der Waals surface area (Å²) in [6.07, 6.45) is 1.58. The number of aliphatic hydroxyl groups is 1. The Labute approximate surface area is 189 Å². The fraction of sp³-hybridized carbons (Fsp3) is 0.125. The Morgan fingerprint density at radius 3 is 2.39 bits per heavy atom. The molecule has 1 N–H and O–H groups in total. The maximum absolute atomic E-state index is 13.1. The van der Waals surface area contributed by atoms with Gasteiger partial charge in [0.1, 0.15) is 11.8 Å². The third-order valence-electron chi connectivity index (χ3n) is 5.37. The summed E-state index contributed by atoms with van der Waals surface area (Å²) < 4.78 is 0. The van der Waals surface area contributed by atoms with Crippen LogP contribution in [0.15, 0.2) is 66.4 Å². The monoisotopic (exact) mass is 452 g/mol. The lowest BCUT2D eigenvalue weighted by molar-refractivity contribution is -0.132. The van der Waals surface area contributed by atoms with Crippen molar-refractivity contribution in [3.63, 3.8) is 0 Å². The molecule has 0 saturated carbocycles. The van der Waals surface area contributed by atoms with Crippen LogP contribution in [0.5, 0.6) is 0 Å². The zero-order valence-electron chi connectivity index (χ0n) is 16.8. The summed E-state index contributed by atoms with van der Waals surface area (Å²) >= 11 is 12.1. The number of nitrogens with zero attached hydrogens (tertiary/aromatic N) is 2. The van der Waals surface area contributed by atoms with Gasteiger partial charge in [0.15, 0.2) is 0 Å². The highest BCUT2D eigenvalue weighted by atomic mass is 35.5. The highest BCUT2D eigenvalue weighted by Crippen LogP contribution is 2.42. The van der Waals surface area contributed by atoms with Gasteiger partial charge in [-0.3, -0.25) is 19.5 Å². The summed E-state index contributed by atoms with van der Waals surface area (Å²) in [4.78, 5) is 31.9. The van der Waals surface area contributed by atoms with Crippen LogP contribution in [0.25, 0.3) is 5.76 Å². The van der Waals surface area contributed by atoms with Crippen LogP contribution < -0.4 is 4.90 Å². The van der Waals surface area contributed by atoms with Crippen LogP contribution in [0, 0.1) is 13.8 Å². The number of rotatable bonds is 3. The third kappa shape index (κ3) is 3.71. The summed E-state index contributed by atoms with van der Waals surface area (Å²) in [5.41, 5.74) is 3.28. The van der Waals surface area contributed by atoms with Crippen LogP contribution in [0.4, 0.5) is 5.69 Å². The van der Waals surface area contributed by atoms with E-state index in [1.54, 1.807) is 36.5 Å². The van der Waals surface area contributed by atoms with Crippen LogP contribution in [-0.4, -0.2) is 21.8 Å². The number of Topliss-reactive ketones (excluding diaryl/α,β-unsaturated/α-hetero) is 1. The second kappa shape index (κ2) is 8.17. The molecular formula is C24H18Cl2N2O3. The predicted molar refractivity (Wildman–Crippen MR) is 121 cm³/mol. The Balaban J connectivity index is 1.95. The molecule has 31 heavy (non-hydrogen) atoms. The molecule has 1 fully saturated rings. The molecule has 1 unspecified atom stereocenters. The molecule has 1 aliphatic rings. The fourth-order valence-corrected chi connectivity index (χ4v) is 3.89. The van der Waals surface area contributed by atoms with Crippen LogP contribution in [0.3, 0.4) is 0 Å². The summed E-state index contributed by atoms with van der Waals surface area (Å²) in [6.45, 7) is 3.90. The first kappa shape index (κ1) is 21.1. The van der Waals surface area contributed by atoms with Gasteiger partial charge in [0.05, 0.1) is 21.3 Å². The maximum atomic E-state index is 13.1. The quantitative estimate of drug-likeness (QED) is 0.317. The van der Waals surface area contributed by atoms with Crippen molar-refractivity contribution in [1.29, 1.82) is 0 Å². The normalized spacial score (nSPS) is 17.9. The van der Waals surface area contributed by atoms with Crippen LogP contribution in [0.2, 0.25) is 10.0 Å². The Bertz CT molecular complexity index is 1240. The standard InChI is InChI=1S/C24H18Cl2N2O3/c1-13-6-8-16(11-14(13)2)28-21(19-5-3-4-10-27-19)20(23(30)24(28)31)22(29)15-7-9-17(25)18(26)12-15/h3-12,21,29H,1-2H3/b22-20+. The second-order valence-corrected chi connectivity index (χ2v) is 8.14. The van der Waals surface area contributed by atoms with Crippen molar-refractivity contribution in [2.75, 3.05) is 4.90 Å². The summed E-state index contributed by atoms with van der Waals surface area (Å²) in [6, 6.07) is 14.4. The minimum Gasteiger partial charge on any atom is -0.507 e. The van der Waals surface area contributed by atoms with Crippen molar-refractivity contribution in [3.05, 3.63) is 98.8 Å². The van der Waals surface area contributed by atoms with E-state index in [1.807, 2.05) is 26.0 Å². The number of aromatic nitrogens is 1. The average molecular weight is 453 g/mol. The minimum atomic E-state index is -0.891. The van der Waals surface area contributed by atoms with E-state index in [0.717, 1.165) is 11.1 Å². The average Bonchev–Trinajstić information content (AvgIpc) is 3.03. The topological polar surface area (TPSA) is 70.5 Å². The van der Waals surface area contributed by atoms with E-state index in [2.05, 4.69) is 4.98 Å². The molecule has 1 aromatic heterocycles.